The molecule has 2 rings (SSSR count). The summed E-state index contributed by atoms with van der Waals surface area (Å²) < 4.78 is 5.10. The van der Waals surface area contributed by atoms with Gasteiger partial charge in [0.25, 0.3) is 0 Å². The predicted molar refractivity (Wildman–Crippen MR) is 79.8 cm³/mol. The van der Waals surface area contributed by atoms with Crippen molar-refractivity contribution in [3.8, 4) is 10.4 Å². The SMILES string of the molecule is CCCOC(=O)c1sc(-c2ccccc2Cl)cc1N. The maximum absolute atomic E-state index is 11.8. The fourth-order valence-corrected chi connectivity index (χ4v) is 2.93. The number of nitrogens with two attached hydrogens (primary N) is 1. The van der Waals surface area contributed by atoms with Gasteiger partial charge in [-0.1, -0.05) is 36.7 Å². The lowest BCUT2D eigenvalue weighted by molar-refractivity contribution is 0.0512. The van der Waals surface area contributed by atoms with E-state index >= 15 is 0 Å². The highest BCUT2D eigenvalue weighted by atomic mass is 35.5. The third-order valence-electron chi connectivity index (χ3n) is 2.52. The molecule has 0 atom stereocenters. The molecule has 2 N–H and O–H groups in total. The number of hydrogen-bond acceptors (Lipinski definition) is 4. The molecule has 5 heteroatoms. The molecular formula is C14H14ClNO2S. The number of anilines is 1. The molecule has 100 valence electrons. The second-order valence-corrected chi connectivity index (χ2v) is 5.47. The van der Waals surface area contributed by atoms with Gasteiger partial charge in [0.1, 0.15) is 4.88 Å². The Morgan fingerprint density at radius 2 is 2.16 bits per heavy atom. The van der Waals surface area contributed by atoms with Crippen LogP contribution in [0, 0.1) is 0 Å². The topological polar surface area (TPSA) is 52.3 Å². The van der Waals surface area contributed by atoms with Crippen LogP contribution in [0.15, 0.2) is 30.3 Å². The highest BCUT2D eigenvalue weighted by Crippen LogP contribution is 2.37. The van der Waals surface area contributed by atoms with E-state index in [0.717, 1.165) is 16.9 Å². The minimum absolute atomic E-state index is 0.373. The molecule has 1 aromatic heterocycles. The summed E-state index contributed by atoms with van der Waals surface area (Å²) in [4.78, 5) is 13.1. The summed E-state index contributed by atoms with van der Waals surface area (Å²) in [5, 5.41) is 0.636. The highest BCUT2D eigenvalue weighted by Gasteiger charge is 2.17. The Balaban J connectivity index is 2.31. The number of hydrogen-bond donors (Lipinski definition) is 1. The van der Waals surface area contributed by atoms with Crippen molar-refractivity contribution in [1.29, 1.82) is 0 Å². The van der Waals surface area contributed by atoms with Crippen LogP contribution >= 0.6 is 22.9 Å². The highest BCUT2D eigenvalue weighted by molar-refractivity contribution is 7.18. The summed E-state index contributed by atoms with van der Waals surface area (Å²) in [7, 11) is 0. The van der Waals surface area contributed by atoms with Gasteiger partial charge < -0.3 is 10.5 Å². The summed E-state index contributed by atoms with van der Waals surface area (Å²) >= 11 is 7.43. The Labute approximate surface area is 121 Å². The zero-order valence-electron chi connectivity index (χ0n) is 10.5. The van der Waals surface area contributed by atoms with Crippen LogP contribution in [0.3, 0.4) is 0 Å². The monoisotopic (exact) mass is 295 g/mol. The van der Waals surface area contributed by atoms with Gasteiger partial charge in [-0.15, -0.1) is 11.3 Å². The number of thiophene rings is 1. The first kappa shape index (κ1) is 13.9. The number of ether oxygens (including phenoxy) is 1. The quantitative estimate of drug-likeness (QED) is 0.859. The van der Waals surface area contributed by atoms with Crippen molar-refractivity contribution < 1.29 is 9.53 Å². The molecular weight excluding hydrogens is 282 g/mol. The zero-order valence-corrected chi connectivity index (χ0v) is 12.1. The fraction of sp³-hybridized carbons (Fsp3) is 0.214. The minimum atomic E-state index is -0.373. The molecule has 0 saturated carbocycles. The van der Waals surface area contributed by atoms with Gasteiger partial charge in [0.05, 0.1) is 12.3 Å². The zero-order chi connectivity index (χ0) is 13.8. The van der Waals surface area contributed by atoms with Crippen LogP contribution in [0.1, 0.15) is 23.0 Å². The van der Waals surface area contributed by atoms with Crippen molar-refractivity contribution in [3.05, 3.63) is 40.2 Å². The van der Waals surface area contributed by atoms with Crippen molar-refractivity contribution in [2.45, 2.75) is 13.3 Å². The summed E-state index contributed by atoms with van der Waals surface area (Å²) in [6.07, 6.45) is 0.786. The molecule has 0 aliphatic carbocycles. The molecule has 0 unspecified atom stereocenters. The maximum atomic E-state index is 11.8. The average Bonchev–Trinajstić information content (AvgIpc) is 2.78. The smallest absolute Gasteiger partial charge is 0.350 e. The van der Waals surface area contributed by atoms with E-state index < -0.39 is 0 Å². The van der Waals surface area contributed by atoms with E-state index in [2.05, 4.69) is 0 Å². The molecule has 0 radical (unpaired) electrons. The Hall–Kier alpha value is -1.52. The van der Waals surface area contributed by atoms with Crippen molar-refractivity contribution in [2.24, 2.45) is 0 Å². The van der Waals surface area contributed by atoms with E-state index in [1.165, 1.54) is 11.3 Å². The van der Waals surface area contributed by atoms with E-state index in [1.54, 1.807) is 6.07 Å². The summed E-state index contributed by atoms with van der Waals surface area (Å²) in [5.41, 5.74) is 7.17. The molecule has 0 amide bonds. The molecule has 1 heterocycles. The lowest BCUT2D eigenvalue weighted by Crippen LogP contribution is -2.05. The number of carbonyl (C=O) groups excluding carboxylic acids is 1. The number of rotatable bonds is 4. The molecule has 0 spiro atoms. The number of benzene rings is 1. The van der Waals surface area contributed by atoms with Crippen LogP contribution < -0.4 is 5.73 Å². The molecule has 3 nitrogen and oxygen atoms in total. The normalized spacial score (nSPS) is 10.4. The van der Waals surface area contributed by atoms with E-state index in [4.69, 9.17) is 22.1 Å². The predicted octanol–water partition coefficient (Wildman–Crippen LogP) is 4.22. The van der Waals surface area contributed by atoms with Gasteiger partial charge in [-0.2, -0.15) is 0 Å². The first-order valence-corrected chi connectivity index (χ1v) is 7.14. The van der Waals surface area contributed by atoms with E-state index in [1.807, 2.05) is 31.2 Å². The summed E-state index contributed by atoms with van der Waals surface area (Å²) in [6.45, 7) is 2.35. The molecule has 0 fully saturated rings. The standard InChI is InChI=1S/C14H14ClNO2S/c1-2-7-18-14(17)13-11(16)8-12(19-13)9-5-3-4-6-10(9)15/h3-6,8H,2,7,16H2,1H3. The van der Waals surface area contributed by atoms with E-state index in [9.17, 15) is 4.79 Å². The second-order valence-electron chi connectivity index (χ2n) is 4.01. The van der Waals surface area contributed by atoms with Gasteiger partial charge in [0.2, 0.25) is 0 Å². The lowest BCUT2D eigenvalue weighted by Gasteiger charge is -2.01. The van der Waals surface area contributed by atoms with Gasteiger partial charge in [-0.3, -0.25) is 0 Å². The maximum Gasteiger partial charge on any atom is 0.350 e. The summed E-state index contributed by atoms with van der Waals surface area (Å²) in [5.74, 6) is -0.373. The number of nitrogen functional groups attached to an aromatic ring is 1. The van der Waals surface area contributed by atoms with Crippen molar-refractivity contribution in [3.63, 3.8) is 0 Å². The molecule has 1 aromatic carbocycles. The van der Waals surface area contributed by atoms with E-state index in [-0.39, 0.29) is 5.97 Å². The Morgan fingerprint density at radius 1 is 1.42 bits per heavy atom. The molecule has 2 aromatic rings. The molecule has 0 aliphatic heterocycles. The number of esters is 1. The van der Waals surface area contributed by atoms with Crippen LogP contribution in [-0.4, -0.2) is 12.6 Å². The first-order chi connectivity index (χ1) is 9.13. The van der Waals surface area contributed by atoms with Gasteiger partial charge in [0.15, 0.2) is 0 Å². The van der Waals surface area contributed by atoms with Gasteiger partial charge in [-0.05, 0) is 18.6 Å². The van der Waals surface area contributed by atoms with Crippen molar-refractivity contribution >= 4 is 34.6 Å². The van der Waals surface area contributed by atoms with Crippen molar-refractivity contribution in [2.75, 3.05) is 12.3 Å². The third-order valence-corrected chi connectivity index (χ3v) is 4.02. The number of carbonyl (C=O) groups is 1. The second kappa shape index (κ2) is 6.08. The minimum Gasteiger partial charge on any atom is -0.461 e. The van der Waals surface area contributed by atoms with Gasteiger partial charge >= 0.3 is 5.97 Å². The van der Waals surface area contributed by atoms with Crippen LogP contribution in [0.2, 0.25) is 5.02 Å². The largest absolute Gasteiger partial charge is 0.461 e. The van der Waals surface area contributed by atoms with Gasteiger partial charge in [0, 0.05) is 15.5 Å². The number of halogens is 1. The average molecular weight is 296 g/mol. The van der Waals surface area contributed by atoms with Gasteiger partial charge in [-0.25, -0.2) is 4.79 Å². The van der Waals surface area contributed by atoms with Crippen LogP contribution in [0.4, 0.5) is 5.69 Å². The molecule has 19 heavy (non-hydrogen) atoms. The Morgan fingerprint density at radius 3 is 2.84 bits per heavy atom. The van der Waals surface area contributed by atoms with Crippen LogP contribution in [-0.2, 0) is 4.74 Å². The first-order valence-electron chi connectivity index (χ1n) is 5.94. The fourth-order valence-electron chi connectivity index (χ4n) is 1.62. The summed E-state index contributed by atoms with van der Waals surface area (Å²) in [6, 6.07) is 9.22. The molecule has 0 aliphatic rings. The molecule has 0 saturated heterocycles. The van der Waals surface area contributed by atoms with Crippen LogP contribution in [0.25, 0.3) is 10.4 Å². The van der Waals surface area contributed by atoms with E-state index in [0.29, 0.717) is 22.2 Å². The Bertz CT molecular complexity index is 595. The van der Waals surface area contributed by atoms with Crippen LogP contribution in [0.5, 0.6) is 0 Å². The Kier molecular flexibility index (Phi) is 4.45. The lowest BCUT2D eigenvalue weighted by atomic mass is 10.2. The molecule has 0 bridgehead atoms. The third kappa shape index (κ3) is 3.08. The van der Waals surface area contributed by atoms with Crippen molar-refractivity contribution in [1.82, 2.24) is 0 Å².